The van der Waals surface area contributed by atoms with E-state index in [1.54, 1.807) is 19.4 Å². The Morgan fingerprint density at radius 1 is 0.760 bits per heavy atom. The number of hydrogen-bond acceptors (Lipinski definition) is 8. The van der Waals surface area contributed by atoms with Crippen molar-refractivity contribution in [2.45, 2.75) is 12.8 Å². The van der Waals surface area contributed by atoms with Crippen molar-refractivity contribution in [1.29, 1.82) is 0 Å². The van der Waals surface area contributed by atoms with Crippen LogP contribution in [-0.2, 0) is 0 Å². The van der Waals surface area contributed by atoms with Crippen LogP contribution in [0.1, 0.15) is 12.8 Å². The van der Waals surface area contributed by atoms with E-state index in [1.807, 2.05) is 12.3 Å². The molecule has 0 radical (unpaired) electrons. The normalized spacial score (nSPS) is 17.9. The molecule has 0 bridgehead atoms. The van der Waals surface area contributed by atoms with Crippen LogP contribution < -0.4 is 19.4 Å². The Kier molecular flexibility index (Phi) is 4.49. The van der Waals surface area contributed by atoms with Crippen molar-refractivity contribution < 1.29 is 4.74 Å². The number of piperazine rings is 1. The summed E-state index contributed by atoms with van der Waals surface area (Å²) < 4.78 is 5.19. The molecule has 0 atom stereocenters. The van der Waals surface area contributed by atoms with E-state index < -0.39 is 0 Å². The molecule has 8 heteroatoms. The zero-order valence-electron chi connectivity index (χ0n) is 14.5. The minimum absolute atomic E-state index is 0.596. The second kappa shape index (κ2) is 7.08. The summed E-state index contributed by atoms with van der Waals surface area (Å²) in [5, 5.41) is 0. The maximum Gasteiger partial charge on any atom is 0.228 e. The zero-order valence-corrected chi connectivity index (χ0v) is 14.5. The van der Waals surface area contributed by atoms with Gasteiger partial charge in [0.1, 0.15) is 5.82 Å². The fourth-order valence-electron chi connectivity index (χ4n) is 3.32. The average molecular weight is 341 g/mol. The third-order valence-electron chi connectivity index (χ3n) is 4.73. The third kappa shape index (κ3) is 3.42. The van der Waals surface area contributed by atoms with E-state index in [1.165, 1.54) is 12.8 Å². The molecular formula is C17H23N7O. The van der Waals surface area contributed by atoms with E-state index in [4.69, 9.17) is 9.72 Å². The summed E-state index contributed by atoms with van der Waals surface area (Å²) in [5.74, 6) is 3.18. The molecule has 2 fully saturated rings. The van der Waals surface area contributed by atoms with Gasteiger partial charge in [0, 0.05) is 57.7 Å². The highest BCUT2D eigenvalue weighted by molar-refractivity contribution is 5.46. The fourth-order valence-corrected chi connectivity index (χ4v) is 3.32. The van der Waals surface area contributed by atoms with Crippen LogP contribution in [0.2, 0.25) is 0 Å². The predicted octanol–water partition coefficient (Wildman–Crippen LogP) is 1.20. The van der Waals surface area contributed by atoms with Crippen LogP contribution in [0.4, 0.5) is 17.7 Å². The van der Waals surface area contributed by atoms with Gasteiger partial charge >= 0.3 is 0 Å². The van der Waals surface area contributed by atoms with Gasteiger partial charge in [0.15, 0.2) is 0 Å². The van der Waals surface area contributed by atoms with Crippen molar-refractivity contribution >= 4 is 17.7 Å². The van der Waals surface area contributed by atoms with Crippen molar-refractivity contribution in [3.8, 4) is 5.88 Å². The van der Waals surface area contributed by atoms with E-state index in [0.29, 0.717) is 5.88 Å². The van der Waals surface area contributed by atoms with E-state index in [-0.39, 0.29) is 0 Å². The van der Waals surface area contributed by atoms with E-state index in [0.717, 1.165) is 57.0 Å². The molecule has 8 nitrogen and oxygen atoms in total. The summed E-state index contributed by atoms with van der Waals surface area (Å²) in [6.45, 7) is 5.61. The van der Waals surface area contributed by atoms with Crippen molar-refractivity contribution in [1.82, 2.24) is 19.9 Å². The van der Waals surface area contributed by atoms with Crippen LogP contribution in [0.5, 0.6) is 5.88 Å². The smallest absolute Gasteiger partial charge is 0.228 e. The monoisotopic (exact) mass is 341 g/mol. The highest BCUT2D eigenvalue weighted by atomic mass is 16.5. The van der Waals surface area contributed by atoms with Crippen molar-refractivity contribution in [3.63, 3.8) is 0 Å². The van der Waals surface area contributed by atoms with Gasteiger partial charge in [0.2, 0.25) is 17.8 Å². The molecule has 2 aliphatic heterocycles. The molecule has 4 rings (SSSR count). The lowest BCUT2D eigenvalue weighted by molar-refractivity contribution is 0.396. The van der Waals surface area contributed by atoms with Crippen LogP contribution in [0.3, 0.4) is 0 Å². The average Bonchev–Trinajstić information content (AvgIpc) is 3.23. The van der Waals surface area contributed by atoms with Gasteiger partial charge in [0.05, 0.1) is 7.11 Å². The van der Waals surface area contributed by atoms with Gasteiger partial charge in [0.25, 0.3) is 0 Å². The Bertz CT molecular complexity index is 712. The minimum Gasteiger partial charge on any atom is -0.481 e. The molecule has 0 N–H and O–H groups in total. The van der Waals surface area contributed by atoms with Crippen molar-refractivity contribution in [3.05, 3.63) is 24.5 Å². The first kappa shape index (κ1) is 15.9. The largest absolute Gasteiger partial charge is 0.481 e. The lowest BCUT2D eigenvalue weighted by Gasteiger charge is -2.35. The molecule has 0 amide bonds. The first-order valence-electron chi connectivity index (χ1n) is 8.78. The van der Waals surface area contributed by atoms with Gasteiger partial charge < -0.3 is 19.4 Å². The van der Waals surface area contributed by atoms with Crippen LogP contribution in [0.25, 0.3) is 0 Å². The number of methoxy groups -OCH3 is 1. The Morgan fingerprint density at radius 3 is 2.08 bits per heavy atom. The molecular weight excluding hydrogens is 318 g/mol. The maximum absolute atomic E-state index is 5.19. The highest BCUT2D eigenvalue weighted by Crippen LogP contribution is 2.21. The molecule has 0 unspecified atom stereocenters. The highest BCUT2D eigenvalue weighted by Gasteiger charge is 2.22. The summed E-state index contributed by atoms with van der Waals surface area (Å²) in [5.41, 5.74) is 0. The fraction of sp³-hybridized carbons (Fsp3) is 0.529. The quantitative estimate of drug-likeness (QED) is 0.822. The Hall–Kier alpha value is -2.64. The number of anilines is 3. The van der Waals surface area contributed by atoms with Crippen molar-refractivity contribution in [2.24, 2.45) is 0 Å². The second-order valence-corrected chi connectivity index (χ2v) is 6.28. The Balaban J connectivity index is 1.42. The standard InChI is InChI=1S/C17H23N7O/c1-25-15-5-7-19-17(21-15)24-12-10-22(11-13-24)14-4-6-18-16(20-14)23-8-2-3-9-23/h4-7H,2-3,8-13H2,1H3. The lowest BCUT2D eigenvalue weighted by Crippen LogP contribution is -2.47. The van der Waals surface area contributed by atoms with Gasteiger partial charge in [-0.15, -0.1) is 0 Å². The van der Waals surface area contributed by atoms with Crippen molar-refractivity contribution in [2.75, 3.05) is 61.1 Å². The Morgan fingerprint density at radius 2 is 1.36 bits per heavy atom. The molecule has 4 heterocycles. The van der Waals surface area contributed by atoms with E-state index >= 15 is 0 Å². The van der Waals surface area contributed by atoms with Crippen LogP contribution in [0.15, 0.2) is 24.5 Å². The molecule has 0 aliphatic carbocycles. The molecule has 0 saturated carbocycles. The van der Waals surface area contributed by atoms with Gasteiger partial charge in [-0.2, -0.15) is 9.97 Å². The molecule has 25 heavy (non-hydrogen) atoms. The molecule has 2 aliphatic rings. The van der Waals surface area contributed by atoms with Crippen LogP contribution >= 0.6 is 0 Å². The summed E-state index contributed by atoms with van der Waals surface area (Å²) in [7, 11) is 1.62. The van der Waals surface area contributed by atoms with Gasteiger partial charge in [-0.1, -0.05) is 0 Å². The SMILES string of the molecule is COc1ccnc(N2CCN(c3ccnc(N4CCCC4)n3)CC2)n1. The predicted molar refractivity (Wildman–Crippen MR) is 96.5 cm³/mol. The molecule has 0 spiro atoms. The summed E-state index contributed by atoms with van der Waals surface area (Å²) in [4.78, 5) is 24.7. The number of ether oxygens (including phenoxy) is 1. The topological polar surface area (TPSA) is 70.5 Å². The number of rotatable bonds is 4. The molecule has 0 aromatic carbocycles. The van der Waals surface area contributed by atoms with Gasteiger partial charge in [-0.05, 0) is 18.9 Å². The first-order chi connectivity index (χ1) is 12.3. The lowest BCUT2D eigenvalue weighted by atomic mass is 10.3. The summed E-state index contributed by atoms with van der Waals surface area (Å²) in [6, 6.07) is 3.76. The number of nitrogens with zero attached hydrogens (tertiary/aromatic N) is 7. The van der Waals surface area contributed by atoms with Crippen LogP contribution in [0, 0.1) is 0 Å². The minimum atomic E-state index is 0.596. The van der Waals surface area contributed by atoms with Gasteiger partial charge in [-0.3, -0.25) is 0 Å². The van der Waals surface area contributed by atoms with Crippen LogP contribution in [-0.4, -0.2) is 66.3 Å². The summed E-state index contributed by atoms with van der Waals surface area (Å²) >= 11 is 0. The number of aromatic nitrogens is 4. The molecule has 2 saturated heterocycles. The van der Waals surface area contributed by atoms with Gasteiger partial charge in [-0.25, -0.2) is 9.97 Å². The number of hydrogen-bond donors (Lipinski definition) is 0. The maximum atomic E-state index is 5.19. The third-order valence-corrected chi connectivity index (χ3v) is 4.73. The second-order valence-electron chi connectivity index (χ2n) is 6.28. The molecule has 2 aromatic rings. The first-order valence-corrected chi connectivity index (χ1v) is 8.78. The van der Waals surface area contributed by atoms with E-state index in [2.05, 4.69) is 29.7 Å². The molecule has 132 valence electrons. The Labute approximate surface area is 147 Å². The van der Waals surface area contributed by atoms with E-state index in [9.17, 15) is 0 Å². The summed E-state index contributed by atoms with van der Waals surface area (Å²) in [6.07, 6.45) is 6.06. The molecule has 2 aromatic heterocycles. The zero-order chi connectivity index (χ0) is 17.1.